The molecule has 0 aromatic rings. The summed E-state index contributed by atoms with van der Waals surface area (Å²) in [5.74, 6) is 3.64. The molecule has 1 rings (SSSR count). The van der Waals surface area contributed by atoms with E-state index in [1.165, 1.54) is 51.4 Å². The molecule has 2 unspecified atom stereocenters. The molecule has 0 heterocycles. The van der Waals surface area contributed by atoms with Gasteiger partial charge in [0.25, 0.3) is 0 Å². The van der Waals surface area contributed by atoms with Gasteiger partial charge in [-0.25, -0.2) is 0 Å². The molecule has 0 saturated heterocycles. The molecule has 0 aliphatic heterocycles. The van der Waals surface area contributed by atoms with Crippen LogP contribution in [0.1, 0.15) is 107 Å². The Balaban J connectivity index is 2.66. The molecule has 0 aromatic heterocycles. The summed E-state index contributed by atoms with van der Waals surface area (Å²) in [6.07, 6.45) is 11.6. The molecule has 0 nitrogen and oxygen atoms in total. The van der Waals surface area contributed by atoms with Crippen molar-refractivity contribution in [3.8, 4) is 0 Å². The predicted molar refractivity (Wildman–Crippen MR) is 101 cm³/mol. The molecule has 0 N–H and O–H groups in total. The van der Waals surface area contributed by atoms with Crippen molar-refractivity contribution < 1.29 is 0 Å². The van der Waals surface area contributed by atoms with Gasteiger partial charge in [-0.2, -0.15) is 0 Å². The van der Waals surface area contributed by atoms with Crippen LogP contribution in [0.3, 0.4) is 0 Å². The lowest BCUT2D eigenvalue weighted by Crippen LogP contribution is -2.42. The van der Waals surface area contributed by atoms with E-state index in [1.54, 1.807) is 0 Å². The highest BCUT2D eigenvalue weighted by Gasteiger charge is 2.44. The zero-order chi connectivity index (χ0) is 17.0. The topological polar surface area (TPSA) is 0 Å². The minimum atomic E-state index is 0.462. The van der Waals surface area contributed by atoms with E-state index in [2.05, 4.69) is 55.4 Å². The van der Waals surface area contributed by atoms with Crippen LogP contribution in [0.4, 0.5) is 0 Å². The lowest BCUT2D eigenvalue weighted by Gasteiger charge is -2.50. The molecular formula is C22H44. The Labute approximate surface area is 141 Å². The van der Waals surface area contributed by atoms with Crippen LogP contribution in [-0.2, 0) is 0 Å². The monoisotopic (exact) mass is 308 g/mol. The highest BCUT2D eigenvalue weighted by molar-refractivity contribution is 4.93. The van der Waals surface area contributed by atoms with Gasteiger partial charge >= 0.3 is 0 Å². The van der Waals surface area contributed by atoms with Crippen LogP contribution in [0.2, 0.25) is 0 Å². The Morgan fingerprint density at radius 3 is 1.59 bits per heavy atom. The molecule has 0 bridgehead atoms. The first-order chi connectivity index (χ1) is 10.1. The molecule has 0 spiro atoms. The molecule has 132 valence electrons. The second-order valence-electron chi connectivity index (χ2n) is 10.3. The minimum absolute atomic E-state index is 0.462. The fraction of sp³-hybridized carbons (Fsp3) is 1.00. The first kappa shape index (κ1) is 20.0. The van der Waals surface area contributed by atoms with Crippen LogP contribution < -0.4 is 0 Å². The third-order valence-electron chi connectivity index (χ3n) is 6.38. The van der Waals surface area contributed by atoms with Crippen LogP contribution in [0.15, 0.2) is 0 Å². The van der Waals surface area contributed by atoms with E-state index in [1.807, 2.05) is 0 Å². The van der Waals surface area contributed by atoms with Gasteiger partial charge in [-0.15, -0.1) is 0 Å². The Kier molecular flexibility index (Phi) is 7.47. The van der Waals surface area contributed by atoms with Crippen LogP contribution in [0, 0.1) is 34.5 Å². The van der Waals surface area contributed by atoms with E-state index in [9.17, 15) is 0 Å². The van der Waals surface area contributed by atoms with Gasteiger partial charge in [-0.3, -0.25) is 0 Å². The summed E-state index contributed by atoms with van der Waals surface area (Å²) in [5, 5.41) is 0. The summed E-state index contributed by atoms with van der Waals surface area (Å²) in [7, 11) is 0. The Hall–Kier alpha value is 0. The summed E-state index contributed by atoms with van der Waals surface area (Å²) >= 11 is 0. The zero-order valence-electron chi connectivity index (χ0n) is 17.0. The fourth-order valence-electron chi connectivity index (χ4n) is 5.08. The summed E-state index contributed by atoms with van der Waals surface area (Å²) in [5.41, 5.74) is 0.924. The number of hydrogen-bond donors (Lipinski definition) is 0. The summed E-state index contributed by atoms with van der Waals surface area (Å²) in [6, 6.07) is 0. The zero-order valence-corrected chi connectivity index (χ0v) is 17.0. The molecule has 0 amide bonds. The van der Waals surface area contributed by atoms with Gasteiger partial charge in [0.15, 0.2) is 0 Å². The highest BCUT2D eigenvalue weighted by Crippen LogP contribution is 2.52. The van der Waals surface area contributed by atoms with E-state index < -0.39 is 0 Å². The lowest BCUT2D eigenvalue weighted by molar-refractivity contribution is -0.0110. The summed E-state index contributed by atoms with van der Waals surface area (Å²) < 4.78 is 0. The summed E-state index contributed by atoms with van der Waals surface area (Å²) in [4.78, 5) is 0. The second kappa shape index (κ2) is 8.20. The van der Waals surface area contributed by atoms with E-state index in [-0.39, 0.29) is 0 Å². The van der Waals surface area contributed by atoms with Crippen molar-refractivity contribution in [1.29, 1.82) is 0 Å². The maximum absolute atomic E-state index is 2.54. The molecule has 0 radical (unpaired) electrons. The van der Waals surface area contributed by atoms with Gasteiger partial charge in [0.2, 0.25) is 0 Å². The van der Waals surface area contributed by atoms with Crippen molar-refractivity contribution in [2.75, 3.05) is 0 Å². The van der Waals surface area contributed by atoms with Gasteiger partial charge in [-0.05, 0) is 47.3 Å². The fourth-order valence-corrected chi connectivity index (χ4v) is 5.08. The molecular weight excluding hydrogens is 264 g/mol. The Morgan fingerprint density at radius 2 is 1.18 bits per heavy atom. The van der Waals surface area contributed by atoms with Crippen LogP contribution >= 0.6 is 0 Å². The van der Waals surface area contributed by atoms with Crippen molar-refractivity contribution in [3.05, 3.63) is 0 Å². The predicted octanol–water partition coefficient (Wildman–Crippen LogP) is 7.72. The first-order valence-electron chi connectivity index (χ1n) is 10.1. The molecule has 0 heteroatoms. The van der Waals surface area contributed by atoms with Gasteiger partial charge in [0.1, 0.15) is 0 Å². The molecule has 1 fully saturated rings. The molecule has 2 atom stereocenters. The second-order valence-corrected chi connectivity index (χ2v) is 10.3. The normalized spacial score (nSPS) is 30.5. The Morgan fingerprint density at radius 1 is 0.727 bits per heavy atom. The van der Waals surface area contributed by atoms with E-state index in [0.717, 1.165) is 23.7 Å². The average molecular weight is 309 g/mol. The van der Waals surface area contributed by atoms with Crippen molar-refractivity contribution >= 4 is 0 Å². The van der Waals surface area contributed by atoms with E-state index in [4.69, 9.17) is 0 Å². The van der Waals surface area contributed by atoms with E-state index >= 15 is 0 Å². The molecule has 1 saturated carbocycles. The standard InChI is InChI=1S/C22H44/c1-9-10-11-12-13-14-18-15-19(21(3,4)5)17(2)20(16-18)22(6,7)8/h17-20H,9-16H2,1-8H3. The highest BCUT2D eigenvalue weighted by atomic mass is 14.5. The Bertz CT molecular complexity index is 277. The SMILES string of the molecule is CCCCCCCC1CC(C(C)(C)C)C(C)C(C(C)(C)C)C1. The molecule has 0 aromatic carbocycles. The molecule has 22 heavy (non-hydrogen) atoms. The number of hydrogen-bond acceptors (Lipinski definition) is 0. The lowest BCUT2D eigenvalue weighted by atomic mass is 9.55. The van der Waals surface area contributed by atoms with Crippen LogP contribution in [-0.4, -0.2) is 0 Å². The van der Waals surface area contributed by atoms with Gasteiger partial charge in [0, 0.05) is 0 Å². The van der Waals surface area contributed by atoms with Crippen LogP contribution in [0.5, 0.6) is 0 Å². The van der Waals surface area contributed by atoms with Crippen molar-refractivity contribution in [1.82, 2.24) is 0 Å². The minimum Gasteiger partial charge on any atom is -0.0654 e. The van der Waals surface area contributed by atoms with Gasteiger partial charge < -0.3 is 0 Å². The van der Waals surface area contributed by atoms with Gasteiger partial charge in [-0.1, -0.05) is 93.9 Å². The molecule has 1 aliphatic rings. The van der Waals surface area contributed by atoms with Crippen LogP contribution in [0.25, 0.3) is 0 Å². The van der Waals surface area contributed by atoms with Crippen molar-refractivity contribution in [3.63, 3.8) is 0 Å². The summed E-state index contributed by atoms with van der Waals surface area (Å²) in [6.45, 7) is 19.7. The van der Waals surface area contributed by atoms with Gasteiger partial charge in [0.05, 0.1) is 0 Å². The maximum Gasteiger partial charge on any atom is -0.0334 e. The van der Waals surface area contributed by atoms with Crippen molar-refractivity contribution in [2.24, 2.45) is 34.5 Å². The third kappa shape index (κ3) is 5.89. The van der Waals surface area contributed by atoms with Crippen molar-refractivity contribution in [2.45, 2.75) is 107 Å². The largest absolute Gasteiger partial charge is 0.0654 e. The van der Waals surface area contributed by atoms with E-state index in [0.29, 0.717) is 10.8 Å². The number of rotatable bonds is 6. The third-order valence-corrected chi connectivity index (χ3v) is 6.38. The smallest absolute Gasteiger partial charge is 0.0334 e. The number of unbranched alkanes of at least 4 members (excludes halogenated alkanes) is 4. The maximum atomic E-state index is 2.54. The molecule has 1 aliphatic carbocycles. The first-order valence-corrected chi connectivity index (χ1v) is 10.1. The average Bonchev–Trinajstić information content (AvgIpc) is 2.37. The quantitative estimate of drug-likeness (QED) is 0.440.